The van der Waals surface area contributed by atoms with Crippen LogP contribution in [-0.4, -0.2) is 43.1 Å². The molecule has 0 heterocycles. The first-order valence-electron chi connectivity index (χ1n) is 8.48. The van der Waals surface area contributed by atoms with Crippen molar-refractivity contribution >= 4 is 5.96 Å². The lowest BCUT2D eigenvalue weighted by atomic mass is 10.1. The van der Waals surface area contributed by atoms with Crippen molar-refractivity contribution in [1.29, 1.82) is 0 Å². The van der Waals surface area contributed by atoms with Crippen LogP contribution >= 0.6 is 0 Å². The molecule has 0 spiro atoms. The molecule has 4 nitrogen and oxygen atoms in total. The van der Waals surface area contributed by atoms with Crippen LogP contribution in [0, 0.1) is 0 Å². The third-order valence-electron chi connectivity index (χ3n) is 4.11. The molecular weight excluding hydrogens is 272 g/mol. The molecular formula is C18H30N4. The Balaban J connectivity index is 1.74. The molecule has 22 heavy (non-hydrogen) atoms. The van der Waals surface area contributed by atoms with Crippen molar-refractivity contribution in [1.82, 2.24) is 15.5 Å². The van der Waals surface area contributed by atoms with Gasteiger partial charge in [-0.05, 0) is 45.7 Å². The maximum absolute atomic E-state index is 4.69. The van der Waals surface area contributed by atoms with Crippen LogP contribution in [0.2, 0.25) is 0 Å². The zero-order valence-corrected chi connectivity index (χ0v) is 14.2. The maximum atomic E-state index is 4.69. The lowest BCUT2D eigenvalue weighted by molar-refractivity contribution is 0.240. The molecule has 0 saturated heterocycles. The van der Waals surface area contributed by atoms with Gasteiger partial charge in [-0.3, -0.25) is 9.89 Å². The first-order chi connectivity index (χ1) is 10.7. The summed E-state index contributed by atoms with van der Waals surface area (Å²) in [5.74, 6) is 0.975. The minimum Gasteiger partial charge on any atom is -0.357 e. The van der Waals surface area contributed by atoms with Gasteiger partial charge in [0.15, 0.2) is 5.96 Å². The molecule has 2 rings (SSSR count). The molecule has 0 aliphatic heterocycles. The molecule has 1 aliphatic rings. The maximum Gasteiger partial charge on any atom is 0.191 e. The predicted molar refractivity (Wildman–Crippen MR) is 94.1 cm³/mol. The van der Waals surface area contributed by atoms with E-state index in [4.69, 9.17) is 4.99 Å². The van der Waals surface area contributed by atoms with Gasteiger partial charge in [0.1, 0.15) is 0 Å². The van der Waals surface area contributed by atoms with Crippen molar-refractivity contribution in [3.8, 4) is 0 Å². The van der Waals surface area contributed by atoms with Crippen LogP contribution in [-0.2, 0) is 6.54 Å². The molecule has 0 radical (unpaired) electrons. The molecule has 2 N–H and O–H groups in total. The minimum absolute atomic E-state index is 0.521. The monoisotopic (exact) mass is 302 g/mol. The van der Waals surface area contributed by atoms with Crippen molar-refractivity contribution in [3.05, 3.63) is 35.9 Å². The number of rotatable bonds is 8. The van der Waals surface area contributed by atoms with Crippen molar-refractivity contribution < 1.29 is 0 Å². The van der Waals surface area contributed by atoms with E-state index in [1.165, 1.54) is 18.4 Å². The number of nitrogens with zero attached hydrogens (tertiary/aromatic N) is 2. The smallest absolute Gasteiger partial charge is 0.191 e. The number of aliphatic imine (C=N–C) groups is 1. The SMILES string of the molecule is CCNC(=NCCC(C)N(C)Cc1ccccc1)NC1CC1. The van der Waals surface area contributed by atoms with Crippen LogP contribution in [0.4, 0.5) is 0 Å². The third-order valence-corrected chi connectivity index (χ3v) is 4.11. The van der Waals surface area contributed by atoms with Gasteiger partial charge in [-0.15, -0.1) is 0 Å². The lowest BCUT2D eigenvalue weighted by Gasteiger charge is -2.24. The van der Waals surface area contributed by atoms with E-state index >= 15 is 0 Å². The highest BCUT2D eigenvalue weighted by molar-refractivity contribution is 5.80. The van der Waals surface area contributed by atoms with E-state index in [1.54, 1.807) is 0 Å². The van der Waals surface area contributed by atoms with Crippen LogP contribution in [0.15, 0.2) is 35.3 Å². The van der Waals surface area contributed by atoms with Gasteiger partial charge in [0.05, 0.1) is 0 Å². The zero-order chi connectivity index (χ0) is 15.8. The molecule has 1 atom stereocenters. The molecule has 0 bridgehead atoms. The Morgan fingerprint density at radius 3 is 2.68 bits per heavy atom. The van der Waals surface area contributed by atoms with E-state index in [9.17, 15) is 0 Å². The van der Waals surface area contributed by atoms with Crippen molar-refractivity contribution in [2.24, 2.45) is 4.99 Å². The van der Waals surface area contributed by atoms with Gasteiger partial charge in [-0.25, -0.2) is 0 Å². The summed E-state index contributed by atoms with van der Waals surface area (Å²) in [6, 6.07) is 11.8. The van der Waals surface area contributed by atoms with E-state index in [-0.39, 0.29) is 0 Å². The van der Waals surface area contributed by atoms with Gasteiger partial charge in [-0.1, -0.05) is 30.3 Å². The molecule has 1 unspecified atom stereocenters. The predicted octanol–water partition coefficient (Wildman–Crippen LogP) is 2.61. The number of guanidine groups is 1. The van der Waals surface area contributed by atoms with E-state index in [1.807, 2.05) is 0 Å². The Bertz CT molecular complexity index is 453. The minimum atomic E-state index is 0.521. The summed E-state index contributed by atoms with van der Waals surface area (Å²) >= 11 is 0. The van der Waals surface area contributed by atoms with Gasteiger partial charge < -0.3 is 10.6 Å². The number of benzene rings is 1. The molecule has 1 aliphatic carbocycles. The Morgan fingerprint density at radius 2 is 2.05 bits per heavy atom. The zero-order valence-electron chi connectivity index (χ0n) is 14.2. The molecule has 0 aromatic heterocycles. The summed E-state index contributed by atoms with van der Waals surface area (Å²) in [7, 11) is 2.19. The highest BCUT2D eigenvalue weighted by Gasteiger charge is 2.22. The quantitative estimate of drug-likeness (QED) is 0.573. The van der Waals surface area contributed by atoms with Crippen molar-refractivity contribution in [3.63, 3.8) is 0 Å². The summed E-state index contributed by atoms with van der Waals surface area (Å²) in [4.78, 5) is 7.09. The second-order valence-corrected chi connectivity index (χ2v) is 6.22. The third kappa shape index (κ3) is 6.06. The van der Waals surface area contributed by atoms with Gasteiger partial charge in [0.2, 0.25) is 0 Å². The van der Waals surface area contributed by atoms with E-state index in [0.29, 0.717) is 12.1 Å². The highest BCUT2D eigenvalue weighted by Crippen LogP contribution is 2.18. The summed E-state index contributed by atoms with van der Waals surface area (Å²) in [5.41, 5.74) is 1.36. The van der Waals surface area contributed by atoms with Crippen molar-refractivity contribution in [2.75, 3.05) is 20.1 Å². The van der Waals surface area contributed by atoms with Crippen LogP contribution in [0.5, 0.6) is 0 Å². The van der Waals surface area contributed by atoms with Crippen LogP contribution < -0.4 is 10.6 Å². The normalized spacial score (nSPS) is 16.6. The second kappa shape index (κ2) is 8.79. The largest absolute Gasteiger partial charge is 0.357 e. The molecule has 0 amide bonds. The Kier molecular flexibility index (Phi) is 6.72. The summed E-state index contributed by atoms with van der Waals surface area (Å²) in [6.45, 7) is 7.16. The average Bonchev–Trinajstić information content (AvgIpc) is 3.32. The topological polar surface area (TPSA) is 39.7 Å². The fourth-order valence-electron chi connectivity index (χ4n) is 2.35. The Labute approximate surface area is 135 Å². The first kappa shape index (κ1) is 16.8. The Hall–Kier alpha value is -1.55. The summed E-state index contributed by atoms with van der Waals surface area (Å²) < 4.78 is 0. The van der Waals surface area contributed by atoms with E-state index in [2.05, 4.69) is 66.8 Å². The van der Waals surface area contributed by atoms with Gasteiger partial charge in [0.25, 0.3) is 0 Å². The molecule has 1 fully saturated rings. The molecule has 1 aromatic carbocycles. The fraction of sp³-hybridized carbons (Fsp3) is 0.611. The van der Waals surface area contributed by atoms with Gasteiger partial charge in [0, 0.05) is 31.7 Å². The van der Waals surface area contributed by atoms with Crippen LogP contribution in [0.1, 0.15) is 38.7 Å². The number of nitrogens with one attached hydrogen (secondary N) is 2. The summed E-state index contributed by atoms with van der Waals surface area (Å²) in [5, 5.41) is 6.78. The number of hydrogen-bond acceptors (Lipinski definition) is 2. The lowest BCUT2D eigenvalue weighted by Crippen LogP contribution is -2.39. The van der Waals surface area contributed by atoms with Crippen molar-refractivity contribution in [2.45, 2.75) is 51.7 Å². The second-order valence-electron chi connectivity index (χ2n) is 6.22. The fourth-order valence-corrected chi connectivity index (χ4v) is 2.35. The average molecular weight is 302 g/mol. The highest BCUT2D eigenvalue weighted by atomic mass is 15.2. The van der Waals surface area contributed by atoms with Crippen LogP contribution in [0.3, 0.4) is 0 Å². The molecule has 1 aromatic rings. The van der Waals surface area contributed by atoms with Gasteiger partial charge >= 0.3 is 0 Å². The molecule has 4 heteroatoms. The van der Waals surface area contributed by atoms with E-state index < -0.39 is 0 Å². The Morgan fingerprint density at radius 1 is 1.32 bits per heavy atom. The first-order valence-corrected chi connectivity index (χ1v) is 8.48. The standard InChI is InChI=1S/C18H30N4/c1-4-19-18(21-17-10-11-17)20-13-12-15(2)22(3)14-16-8-6-5-7-9-16/h5-9,15,17H,4,10-14H2,1-3H3,(H2,19,20,21). The summed E-state index contributed by atoms with van der Waals surface area (Å²) in [6.07, 6.45) is 3.63. The molecule has 1 saturated carbocycles. The molecule has 122 valence electrons. The number of hydrogen-bond donors (Lipinski definition) is 2. The van der Waals surface area contributed by atoms with Crippen LogP contribution in [0.25, 0.3) is 0 Å². The van der Waals surface area contributed by atoms with E-state index in [0.717, 1.165) is 32.0 Å². The van der Waals surface area contributed by atoms with Gasteiger partial charge in [-0.2, -0.15) is 0 Å².